The number of benzene rings is 1. The molecule has 0 spiro atoms. The summed E-state index contributed by atoms with van der Waals surface area (Å²) in [7, 11) is -3.64. The normalized spacial score (nSPS) is 11.5. The minimum Gasteiger partial charge on any atom is -0.397 e. The zero-order valence-electron chi connectivity index (χ0n) is 11.4. The molecule has 0 saturated carbocycles. The third-order valence-corrected chi connectivity index (χ3v) is 4.91. The van der Waals surface area contributed by atoms with E-state index >= 15 is 0 Å². The Bertz CT molecular complexity index is 582. The number of anilines is 1. The molecule has 0 bridgehead atoms. The predicted molar refractivity (Wildman–Crippen MR) is 79.5 cm³/mol. The lowest BCUT2D eigenvalue weighted by Gasteiger charge is -2.22. The van der Waals surface area contributed by atoms with Crippen molar-refractivity contribution in [2.75, 3.05) is 18.8 Å². The molecule has 0 aliphatic carbocycles. The molecule has 0 fully saturated rings. The largest absolute Gasteiger partial charge is 0.397 e. The Morgan fingerprint density at radius 1 is 1.16 bits per heavy atom. The van der Waals surface area contributed by atoms with Gasteiger partial charge in [-0.1, -0.05) is 24.3 Å². The lowest BCUT2D eigenvalue weighted by Crippen LogP contribution is -2.32. The van der Waals surface area contributed by atoms with Crippen LogP contribution in [-0.4, -0.2) is 25.8 Å². The molecule has 0 aliphatic heterocycles. The number of nitrogen functional groups attached to an aromatic ring is 1. The third-order valence-electron chi connectivity index (χ3n) is 2.87. The average Bonchev–Trinajstić information content (AvgIpc) is 2.34. The maximum Gasteiger partial charge on any atom is 0.245 e. The molecule has 1 aromatic rings. The fraction of sp³-hybridized carbons (Fsp3) is 0.286. The predicted octanol–water partition coefficient (Wildman–Crippen LogP) is 2.25. The molecule has 19 heavy (non-hydrogen) atoms. The topological polar surface area (TPSA) is 63.4 Å². The van der Waals surface area contributed by atoms with Crippen LogP contribution in [0.1, 0.15) is 11.1 Å². The third kappa shape index (κ3) is 3.05. The molecule has 5 heteroatoms. The molecule has 0 radical (unpaired) electrons. The van der Waals surface area contributed by atoms with Gasteiger partial charge in [0.2, 0.25) is 10.0 Å². The summed E-state index contributed by atoms with van der Waals surface area (Å²) in [6.07, 6.45) is 3.09. The molecular weight excluding hydrogens is 260 g/mol. The highest BCUT2D eigenvalue weighted by Gasteiger charge is 2.27. The fourth-order valence-corrected chi connectivity index (χ4v) is 3.61. The molecule has 0 amide bonds. The molecule has 1 aromatic carbocycles. The Morgan fingerprint density at radius 2 is 1.63 bits per heavy atom. The highest BCUT2D eigenvalue weighted by Crippen LogP contribution is 2.28. The van der Waals surface area contributed by atoms with Crippen LogP contribution in [0, 0.1) is 13.8 Å². The lowest BCUT2D eigenvalue weighted by atomic mass is 10.1. The van der Waals surface area contributed by atoms with Crippen molar-refractivity contribution >= 4 is 15.7 Å². The van der Waals surface area contributed by atoms with Crippen LogP contribution in [0.15, 0.2) is 42.3 Å². The summed E-state index contributed by atoms with van der Waals surface area (Å²) in [5.74, 6) is 0. The van der Waals surface area contributed by atoms with Crippen LogP contribution in [0.4, 0.5) is 5.69 Å². The minimum absolute atomic E-state index is 0.177. The van der Waals surface area contributed by atoms with Crippen molar-refractivity contribution in [3.05, 3.63) is 48.6 Å². The first-order chi connectivity index (χ1) is 8.86. The van der Waals surface area contributed by atoms with Crippen LogP contribution in [0.3, 0.4) is 0 Å². The number of rotatable bonds is 6. The molecule has 0 aromatic heterocycles. The quantitative estimate of drug-likeness (QED) is 0.642. The smallest absolute Gasteiger partial charge is 0.245 e. The van der Waals surface area contributed by atoms with Gasteiger partial charge in [0.1, 0.15) is 4.90 Å². The van der Waals surface area contributed by atoms with Gasteiger partial charge in [-0.05, 0) is 25.0 Å². The van der Waals surface area contributed by atoms with Gasteiger partial charge in [-0.2, -0.15) is 4.31 Å². The van der Waals surface area contributed by atoms with E-state index in [1.165, 1.54) is 4.31 Å². The monoisotopic (exact) mass is 280 g/mol. The van der Waals surface area contributed by atoms with Crippen LogP contribution in [0.5, 0.6) is 0 Å². The Hall–Kier alpha value is -1.59. The van der Waals surface area contributed by atoms with E-state index in [9.17, 15) is 8.42 Å². The summed E-state index contributed by atoms with van der Waals surface area (Å²) in [4.78, 5) is 0.177. The molecule has 0 aliphatic rings. The van der Waals surface area contributed by atoms with Crippen molar-refractivity contribution < 1.29 is 8.42 Å². The maximum absolute atomic E-state index is 12.7. The number of hydrogen-bond acceptors (Lipinski definition) is 3. The summed E-state index contributed by atoms with van der Waals surface area (Å²) >= 11 is 0. The number of nitrogens with zero attached hydrogens (tertiary/aromatic N) is 1. The summed E-state index contributed by atoms with van der Waals surface area (Å²) < 4.78 is 26.6. The van der Waals surface area contributed by atoms with Crippen LogP contribution in [0.25, 0.3) is 0 Å². The zero-order chi connectivity index (χ0) is 14.6. The van der Waals surface area contributed by atoms with E-state index in [1.807, 2.05) is 6.07 Å². The van der Waals surface area contributed by atoms with E-state index in [-0.39, 0.29) is 18.0 Å². The van der Waals surface area contributed by atoms with Gasteiger partial charge in [-0.3, -0.25) is 0 Å². The van der Waals surface area contributed by atoms with Gasteiger partial charge in [0.05, 0.1) is 5.69 Å². The van der Waals surface area contributed by atoms with Gasteiger partial charge < -0.3 is 5.73 Å². The van der Waals surface area contributed by atoms with Crippen LogP contribution in [0.2, 0.25) is 0 Å². The molecule has 104 valence electrons. The van der Waals surface area contributed by atoms with Gasteiger partial charge >= 0.3 is 0 Å². The molecular formula is C14H20N2O2S. The van der Waals surface area contributed by atoms with Crippen molar-refractivity contribution in [3.8, 4) is 0 Å². The van der Waals surface area contributed by atoms with Crippen molar-refractivity contribution in [1.82, 2.24) is 4.31 Å². The van der Waals surface area contributed by atoms with Gasteiger partial charge in [-0.15, -0.1) is 13.2 Å². The maximum atomic E-state index is 12.7. The SMILES string of the molecule is C=CCN(CC=C)S(=O)(=O)c1c(C)ccc(C)c1N. The first kappa shape index (κ1) is 15.5. The van der Waals surface area contributed by atoms with Crippen LogP contribution >= 0.6 is 0 Å². The second-order valence-corrected chi connectivity index (χ2v) is 6.22. The fourth-order valence-electron chi connectivity index (χ4n) is 1.84. The molecule has 0 saturated heterocycles. The summed E-state index contributed by atoms with van der Waals surface area (Å²) in [5, 5.41) is 0. The van der Waals surface area contributed by atoms with Crippen LogP contribution < -0.4 is 5.73 Å². The highest BCUT2D eigenvalue weighted by atomic mass is 32.2. The molecule has 0 unspecified atom stereocenters. The van der Waals surface area contributed by atoms with E-state index in [0.717, 1.165) is 5.56 Å². The van der Waals surface area contributed by atoms with Crippen molar-refractivity contribution in [2.24, 2.45) is 0 Å². The van der Waals surface area contributed by atoms with Gasteiger partial charge in [0.25, 0.3) is 0 Å². The van der Waals surface area contributed by atoms with E-state index in [1.54, 1.807) is 32.1 Å². The standard InChI is InChI=1S/C14H20N2O2S/c1-5-9-16(10-6-2)19(17,18)14-12(4)8-7-11(3)13(14)15/h5-8H,1-2,9-10,15H2,3-4H3. The van der Waals surface area contributed by atoms with Gasteiger partial charge in [0.15, 0.2) is 0 Å². The number of aryl methyl sites for hydroxylation is 2. The minimum atomic E-state index is -3.64. The van der Waals surface area contributed by atoms with E-state index in [0.29, 0.717) is 11.3 Å². The first-order valence-electron chi connectivity index (χ1n) is 5.93. The Morgan fingerprint density at radius 3 is 2.11 bits per heavy atom. The Kier molecular flexibility index (Phi) is 4.91. The second-order valence-electron chi connectivity index (χ2n) is 4.34. The second kappa shape index (κ2) is 6.04. The molecule has 0 atom stereocenters. The number of nitrogens with two attached hydrogens (primary N) is 1. The summed E-state index contributed by atoms with van der Waals surface area (Å²) in [6.45, 7) is 11.1. The van der Waals surface area contributed by atoms with Crippen molar-refractivity contribution in [2.45, 2.75) is 18.7 Å². The first-order valence-corrected chi connectivity index (χ1v) is 7.37. The molecule has 4 nitrogen and oxygen atoms in total. The van der Waals surface area contributed by atoms with E-state index < -0.39 is 10.0 Å². The molecule has 0 heterocycles. The Labute approximate surface area is 115 Å². The highest BCUT2D eigenvalue weighted by molar-refractivity contribution is 7.89. The number of hydrogen-bond donors (Lipinski definition) is 1. The summed E-state index contributed by atoms with van der Waals surface area (Å²) in [6, 6.07) is 3.58. The molecule has 2 N–H and O–H groups in total. The van der Waals surface area contributed by atoms with Crippen molar-refractivity contribution in [1.29, 1.82) is 0 Å². The summed E-state index contributed by atoms with van der Waals surface area (Å²) in [5.41, 5.74) is 7.64. The van der Waals surface area contributed by atoms with Crippen molar-refractivity contribution in [3.63, 3.8) is 0 Å². The van der Waals surface area contributed by atoms with Crippen LogP contribution in [-0.2, 0) is 10.0 Å². The lowest BCUT2D eigenvalue weighted by molar-refractivity contribution is 0.474. The Balaban J connectivity index is 3.44. The molecule has 1 rings (SSSR count). The average molecular weight is 280 g/mol. The van der Waals surface area contributed by atoms with Gasteiger partial charge in [-0.25, -0.2) is 8.42 Å². The van der Waals surface area contributed by atoms with Gasteiger partial charge in [0, 0.05) is 13.1 Å². The van der Waals surface area contributed by atoms with E-state index in [4.69, 9.17) is 5.73 Å². The zero-order valence-corrected chi connectivity index (χ0v) is 12.2. The number of sulfonamides is 1. The van der Waals surface area contributed by atoms with E-state index in [2.05, 4.69) is 13.2 Å².